The van der Waals surface area contributed by atoms with E-state index >= 15 is 0 Å². The summed E-state index contributed by atoms with van der Waals surface area (Å²) in [5.74, 6) is 1.02. The number of ketones is 1. The van der Waals surface area contributed by atoms with Crippen molar-refractivity contribution in [1.82, 2.24) is 28.8 Å². The maximum absolute atomic E-state index is 14.5. The molecule has 1 saturated carbocycles. The van der Waals surface area contributed by atoms with Crippen molar-refractivity contribution in [3.63, 3.8) is 0 Å². The van der Waals surface area contributed by atoms with Crippen molar-refractivity contribution >= 4 is 21.5 Å². The summed E-state index contributed by atoms with van der Waals surface area (Å²) in [5.41, 5.74) is 4.67. The van der Waals surface area contributed by atoms with Crippen LogP contribution in [0.25, 0.3) is 5.65 Å². The molecule has 3 aliphatic rings. The lowest BCUT2D eigenvalue weighted by atomic mass is 9.68. The van der Waals surface area contributed by atoms with Gasteiger partial charge in [-0.05, 0) is 87.4 Å². The number of aryl methyl sites for hydroxylation is 4. The quantitative estimate of drug-likeness (QED) is 0.223. The average molecular weight is 717 g/mol. The number of sulfonamides is 1. The Kier molecular flexibility index (Phi) is 9.22. The van der Waals surface area contributed by atoms with E-state index < -0.39 is 21.0 Å². The molecular formula is C38H48N6O6S. The lowest BCUT2D eigenvalue weighted by Gasteiger charge is -2.34. The van der Waals surface area contributed by atoms with Crippen molar-refractivity contribution in [2.24, 2.45) is 5.41 Å². The lowest BCUT2D eigenvalue weighted by Crippen LogP contribution is -2.38. The first-order valence-electron chi connectivity index (χ1n) is 17.8. The van der Waals surface area contributed by atoms with Gasteiger partial charge in [-0.2, -0.15) is 9.29 Å². The zero-order chi connectivity index (χ0) is 36.3. The molecule has 1 aliphatic carbocycles. The smallest absolute Gasteiger partial charge is 0.248 e. The number of aromatic nitrogens is 4. The minimum atomic E-state index is -4.00. The number of hydrogen-bond donors (Lipinski definition) is 0. The van der Waals surface area contributed by atoms with Crippen molar-refractivity contribution < 1.29 is 27.4 Å². The third kappa shape index (κ3) is 6.65. The van der Waals surface area contributed by atoms with Crippen LogP contribution < -0.4 is 9.47 Å². The van der Waals surface area contributed by atoms with E-state index in [9.17, 15) is 13.2 Å². The number of carbonyl (C=O) groups excluding carboxylic acids is 1. The number of pyridine rings is 2. The van der Waals surface area contributed by atoms with Gasteiger partial charge in [0.25, 0.3) is 0 Å². The monoisotopic (exact) mass is 716 g/mol. The molecule has 7 rings (SSSR count). The van der Waals surface area contributed by atoms with Crippen LogP contribution in [0.3, 0.4) is 0 Å². The van der Waals surface area contributed by atoms with Crippen LogP contribution in [0.5, 0.6) is 11.8 Å². The van der Waals surface area contributed by atoms with Gasteiger partial charge >= 0.3 is 0 Å². The second-order valence-electron chi connectivity index (χ2n) is 15.0. The fraction of sp³-hybridized carbons (Fsp3) is 0.526. The van der Waals surface area contributed by atoms with Crippen LogP contribution in [0.15, 0.2) is 41.4 Å². The van der Waals surface area contributed by atoms with Crippen molar-refractivity contribution in [2.45, 2.75) is 84.3 Å². The van der Waals surface area contributed by atoms with E-state index in [1.54, 1.807) is 17.3 Å². The molecule has 1 aromatic carbocycles. The maximum atomic E-state index is 14.5. The molecule has 2 fully saturated rings. The average Bonchev–Trinajstić information content (AvgIpc) is 3.75. The van der Waals surface area contributed by atoms with Crippen LogP contribution in [-0.4, -0.2) is 94.6 Å². The number of hydrogen-bond acceptors (Lipinski definition) is 10. The normalized spacial score (nSPS) is 19.4. The number of rotatable bonds is 10. The highest BCUT2D eigenvalue weighted by Gasteiger charge is 2.53. The molecule has 2 aliphatic heterocycles. The van der Waals surface area contributed by atoms with E-state index in [0.717, 1.165) is 71.8 Å². The molecule has 1 atom stereocenters. The predicted octanol–water partition coefficient (Wildman–Crippen LogP) is 4.93. The summed E-state index contributed by atoms with van der Waals surface area (Å²) < 4.78 is 50.4. The highest BCUT2D eigenvalue weighted by atomic mass is 32.2. The fourth-order valence-corrected chi connectivity index (χ4v) is 8.95. The van der Waals surface area contributed by atoms with Crippen molar-refractivity contribution in [2.75, 3.05) is 46.0 Å². The Morgan fingerprint density at radius 3 is 2.49 bits per heavy atom. The Bertz CT molecular complexity index is 2100. The topological polar surface area (TPSA) is 128 Å². The molecule has 272 valence electrons. The third-order valence-electron chi connectivity index (χ3n) is 11.1. The highest BCUT2D eigenvalue weighted by Crippen LogP contribution is 2.48. The largest absolute Gasteiger partial charge is 0.476 e. The Hall–Kier alpha value is -3.91. The van der Waals surface area contributed by atoms with Gasteiger partial charge < -0.3 is 14.2 Å². The summed E-state index contributed by atoms with van der Waals surface area (Å²) >= 11 is 0. The van der Waals surface area contributed by atoms with Crippen LogP contribution in [-0.2, 0) is 26.1 Å². The number of nitrogens with zero attached hydrogens (tertiary/aromatic N) is 6. The van der Waals surface area contributed by atoms with Gasteiger partial charge in [-0.3, -0.25) is 14.1 Å². The van der Waals surface area contributed by atoms with Crippen molar-refractivity contribution in [3.8, 4) is 11.8 Å². The van der Waals surface area contributed by atoms with Gasteiger partial charge in [-0.25, -0.2) is 8.42 Å². The standard InChI is InChI=1S/C38H48N6O6S/c1-24-8-9-29(33(37(6,7)27(4)45)31-10-13-44-28(5)40-41-34(44)26(31)3)21-30(24)22-43-23-38(11-12-38)50-36-32(51(43,46)47)20-25(2)35(39-36)49-19-16-42-14-17-48-18-15-42/h8-10,13,20-21,33H,11-12,14-19,22-23H2,1-7H3/t33-/m0/s1. The molecule has 3 aromatic heterocycles. The summed E-state index contributed by atoms with van der Waals surface area (Å²) in [6.07, 6.45) is 3.43. The number of ether oxygens (including phenoxy) is 3. The van der Waals surface area contributed by atoms with Crippen molar-refractivity contribution in [1.29, 1.82) is 0 Å². The number of benzene rings is 1. The first kappa shape index (κ1) is 35.5. The van der Waals surface area contributed by atoms with E-state index in [-0.39, 0.29) is 35.6 Å². The highest BCUT2D eigenvalue weighted by molar-refractivity contribution is 7.89. The summed E-state index contributed by atoms with van der Waals surface area (Å²) in [7, 11) is -4.00. The summed E-state index contributed by atoms with van der Waals surface area (Å²) in [6.45, 7) is 18.0. The summed E-state index contributed by atoms with van der Waals surface area (Å²) in [5, 5.41) is 8.69. The first-order chi connectivity index (χ1) is 24.2. The van der Waals surface area contributed by atoms with E-state index in [2.05, 4.69) is 32.2 Å². The molecular weight excluding hydrogens is 669 g/mol. The van der Waals surface area contributed by atoms with Gasteiger partial charge in [-0.1, -0.05) is 32.0 Å². The van der Waals surface area contributed by atoms with Gasteiger partial charge in [-0.15, -0.1) is 10.2 Å². The molecule has 0 radical (unpaired) electrons. The maximum Gasteiger partial charge on any atom is 0.248 e. The van der Waals surface area contributed by atoms with Gasteiger partial charge in [0.2, 0.25) is 21.8 Å². The minimum Gasteiger partial charge on any atom is -0.476 e. The zero-order valence-electron chi connectivity index (χ0n) is 30.7. The number of carbonyl (C=O) groups is 1. The second-order valence-corrected chi connectivity index (χ2v) is 16.9. The van der Waals surface area contributed by atoms with Gasteiger partial charge in [0.15, 0.2) is 5.65 Å². The van der Waals surface area contributed by atoms with Crippen LogP contribution in [0.4, 0.5) is 0 Å². The van der Waals surface area contributed by atoms with E-state index in [1.165, 1.54) is 0 Å². The van der Waals surface area contributed by atoms with Crippen LogP contribution in [0.2, 0.25) is 0 Å². The minimum absolute atomic E-state index is 0.0541. The van der Waals surface area contributed by atoms with Gasteiger partial charge in [0.05, 0.1) is 19.8 Å². The molecule has 1 saturated heterocycles. The number of fused-ring (bicyclic) bond motifs is 2. The summed E-state index contributed by atoms with van der Waals surface area (Å²) in [4.78, 5) is 20.2. The Balaban J connectivity index is 1.22. The Labute approximate surface area is 300 Å². The molecule has 1 spiro atoms. The molecule has 0 bridgehead atoms. The van der Waals surface area contributed by atoms with E-state index in [1.807, 2.05) is 64.3 Å². The fourth-order valence-electron chi connectivity index (χ4n) is 7.32. The molecule has 12 nitrogen and oxygen atoms in total. The first-order valence-corrected chi connectivity index (χ1v) is 19.2. The van der Waals surface area contributed by atoms with Crippen molar-refractivity contribution in [3.05, 3.63) is 75.7 Å². The predicted molar refractivity (Wildman–Crippen MR) is 192 cm³/mol. The van der Waals surface area contributed by atoms with E-state index in [4.69, 9.17) is 14.2 Å². The van der Waals surface area contributed by atoms with Gasteiger partial charge in [0, 0.05) is 49.3 Å². The van der Waals surface area contributed by atoms with Crippen LogP contribution >= 0.6 is 0 Å². The second kappa shape index (κ2) is 13.3. The summed E-state index contributed by atoms with van der Waals surface area (Å²) in [6, 6.07) is 9.83. The molecule has 0 unspecified atom stereocenters. The zero-order valence-corrected chi connectivity index (χ0v) is 31.5. The number of Topliss-reactive ketones (excluding diaryl/α,β-unsaturated/α-hetero) is 1. The van der Waals surface area contributed by atoms with Crippen LogP contribution in [0.1, 0.15) is 78.7 Å². The molecule has 13 heteroatoms. The molecule has 5 heterocycles. The molecule has 0 N–H and O–H groups in total. The lowest BCUT2D eigenvalue weighted by molar-refractivity contribution is -0.125. The Morgan fingerprint density at radius 2 is 1.78 bits per heavy atom. The Morgan fingerprint density at radius 1 is 1.04 bits per heavy atom. The van der Waals surface area contributed by atoms with Gasteiger partial charge in [0.1, 0.15) is 28.7 Å². The SMILES string of the molecule is CC(=O)C(C)(C)[C@@H](c1ccc(C)c(CN2CC3(CC3)Oc3nc(OCCN4CCOCC4)c(C)cc3S2(=O)=O)c1)c1ccn2c(C)nnc2c1C. The van der Waals surface area contributed by atoms with Crippen LogP contribution in [0, 0.1) is 33.1 Å². The van der Waals surface area contributed by atoms with E-state index in [0.29, 0.717) is 31.3 Å². The molecule has 0 amide bonds. The third-order valence-corrected chi connectivity index (χ3v) is 12.9. The number of morpholine rings is 1. The molecule has 51 heavy (non-hydrogen) atoms. The molecule has 4 aromatic rings.